The summed E-state index contributed by atoms with van der Waals surface area (Å²) >= 11 is 0. The Labute approximate surface area is 91.1 Å². The molecule has 0 spiro atoms. The van der Waals surface area contributed by atoms with Crippen LogP contribution in [0.15, 0.2) is 6.07 Å². The molecule has 1 unspecified atom stereocenters. The van der Waals surface area contributed by atoms with Crippen LogP contribution in [0.5, 0.6) is 0 Å². The highest BCUT2D eigenvalue weighted by Crippen LogP contribution is 2.09. The lowest BCUT2D eigenvalue weighted by atomic mass is 10.1. The van der Waals surface area contributed by atoms with E-state index in [2.05, 4.69) is 25.0 Å². The van der Waals surface area contributed by atoms with Crippen LogP contribution in [0.1, 0.15) is 31.7 Å². The number of aromatic nitrogens is 2. The first-order chi connectivity index (χ1) is 7.21. The van der Waals surface area contributed by atoms with E-state index in [0.717, 1.165) is 24.4 Å². The van der Waals surface area contributed by atoms with Crippen LogP contribution in [0.25, 0.3) is 0 Å². The fourth-order valence-electron chi connectivity index (χ4n) is 1.66. The van der Waals surface area contributed by atoms with Crippen molar-refractivity contribution in [1.29, 1.82) is 0 Å². The van der Waals surface area contributed by atoms with Crippen molar-refractivity contribution in [1.82, 2.24) is 9.78 Å². The van der Waals surface area contributed by atoms with Crippen molar-refractivity contribution >= 4 is 0 Å². The topological polar surface area (TPSA) is 64.1 Å². The molecule has 0 aliphatic heterocycles. The molecule has 4 heteroatoms. The first kappa shape index (κ1) is 12.2. The molecule has 0 amide bonds. The molecular formula is C11H21N3O. The third-order valence-electron chi connectivity index (χ3n) is 2.52. The van der Waals surface area contributed by atoms with Gasteiger partial charge < -0.3 is 10.8 Å². The van der Waals surface area contributed by atoms with Gasteiger partial charge in [-0.15, -0.1) is 0 Å². The molecule has 4 nitrogen and oxygen atoms in total. The molecule has 15 heavy (non-hydrogen) atoms. The maximum atomic E-state index is 9.68. The second-order valence-electron chi connectivity index (χ2n) is 3.73. The van der Waals surface area contributed by atoms with Crippen LogP contribution >= 0.6 is 0 Å². The van der Waals surface area contributed by atoms with Gasteiger partial charge in [-0.05, 0) is 32.4 Å². The standard InChI is InChI=1S/C11H21N3O/c1-3-9-7-10(14(4-2)13-9)8-11(15)5-6-12/h7,11,15H,3-6,8,12H2,1-2H3. The SMILES string of the molecule is CCc1cc(CC(O)CCN)n(CC)n1. The van der Waals surface area contributed by atoms with E-state index in [1.807, 2.05) is 4.68 Å². The molecule has 86 valence electrons. The van der Waals surface area contributed by atoms with E-state index in [9.17, 15) is 5.11 Å². The maximum absolute atomic E-state index is 9.68. The van der Waals surface area contributed by atoms with Gasteiger partial charge in [0.15, 0.2) is 0 Å². The van der Waals surface area contributed by atoms with Gasteiger partial charge in [0.25, 0.3) is 0 Å². The Bertz CT molecular complexity index is 296. The summed E-state index contributed by atoms with van der Waals surface area (Å²) in [6.45, 7) is 5.53. The number of hydrogen-bond acceptors (Lipinski definition) is 3. The van der Waals surface area contributed by atoms with E-state index in [1.54, 1.807) is 0 Å². The fraction of sp³-hybridized carbons (Fsp3) is 0.727. The molecule has 0 aromatic carbocycles. The summed E-state index contributed by atoms with van der Waals surface area (Å²) in [5.41, 5.74) is 7.60. The van der Waals surface area contributed by atoms with Crippen LogP contribution in [0.2, 0.25) is 0 Å². The zero-order valence-corrected chi connectivity index (χ0v) is 9.61. The number of aliphatic hydroxyl groups is 1. The third-order valence-corrected chi connectivity index (χ3v) is 2.52. The molecule has 0 fully saturated rings. The number of hydrogen-bond donors (Lipinski definition) is 2. The molecule has 1 rings (SSSR count). The molecule has 1 aromatic rings. The average Bonchev–Trinajstić information content (AvgIpc) is 2.60. The number of nitrogens with zero attached hydrogens (tertiary/aromatic N) is 2. The molecule has 1 heterocycles. The zero-order valence-electron chi connectivity index (χ0n) is 9.61. The number of rotatable bonds is 6. The molecule has 0 bridgehead atoms. The van der Waals surface area contributed by atoms with Crippen molar-refractivity contribution in [3.63, 3.8) is 0 Å². The van der Waals surface area contributed by atoms with Gasteiger partial charge in [-0.3, -0.25) is 4.68 Å². The zero-order chi connectivity index (χ0) is 11.3. The Hall–Kier alpha value is -0.870. The van der Waals surface area contributed by atoms with Gasteiger partial charge in [-0.2, -0.15) is 5.10 Å². The Balaban J connectivity index is 2.69. The lowest BCUT2D eigenvalue weighted by molar-refractivity contribution is 0.165. The van der Waals surface area contributed by atoms with E-state index in [0.29, 0.717) is 19.4 Å². The second-order valence-corrected chi connectivity index (χ2v) is 3.73. The van der Waals surface area contributed by atoms with Crippen molar-refractivity contribution in [3.8, 4) is 0 Å². The van der Waals surface area contributed by atoms with Gasteiger partial charge in [-0.1, -0.05) is 6.92 Å². The van der Waals surface area contributed by atoms with E-state index in [-0.39, 0.29) is 6.10 Å². The molecule has 0 aliphatic rings. The van der Waals surface area contributed by atoms with Crippen LogP contribution in [0, 0.1) is 0 Å². The molecular weight excluding hydrogens is 190 g/mol. The Kier molecular flexibility index (Phi) is 4.78. The maximum Gasteiger partial charge on any atom is 0.0624 e. The molecule has 1 atom stereocenters. The Morgan fingerprint density at radius 2 is 2.27 bits per heavy atom. The smallest absolute Gasteiger partial charge is 0.0624 e. The molecule has 0 aliphatic carbocycles. The van der Waals surface area contributed by atoms with Crippen molar-refractivity contribution in [2.45, 2.75) is 45.8 Å². The van der Waals surface area contributed by atoms with Crippen LogP contribution in [0.3, 0.4) is 0 Å². The molecule has 0 saturated heterocycles. The number of aliphatic hydroxyl groups excluding tert-OH is 1. The predicted octanol–water partition coefficient (Wildman–Crippen LogP) is 0.718. The first-order valence-corrected chi connectivity index (χ1v) is 5.65. The van der Waals surface area contributed by atoms with Crippen LogP contribution in [-0.2, 0) is 19.4 Å². The van der Waals surface area contributed by atoms with Gasteiger partial charge in [0.2, 0.25) is 0 Å². The second kappa shape index (κ2) is 5.88. The van der Waals surface area contributed by atoms with Gasteiger partial charge >= 0.3 is 0 Å². The van der Waals surface area contributed by atoms with E-state index >= 15 is 0 Å². The summed E-state index contributed by atoms with van der Waals surface area (Å²) in [4.78, 5) is 0. The van der Waals surface area contributed by atoms with Crippen LogP contribution in [0.4, 0.5) is 0 Å². The molecule has 1 aromatic heterocycles. The minimum Gasteiger partial charge on any atom is -0.393 e. The van der Waals surface area contributed by atoms with E-state index in [1.165, 1.54) is 0 Å². The van der Waals surface area contributed by atoms with Crippen LogP contribution < -0.4 is 5.73 Å². The van der Waals surface area contributed by atoms with Crippen molar-refractivity contribution in [3.05, 3.63) is 17.5 Å². The lowest BCUT2D eigenvalue weighted by Gasteiger charge is -2.09. The largest absolute Gasteiger partial charge is 0.393 e. The summed E-state index contributed by atoms with van der Waals surface area (Å²) in [7, 11) is 0. The monoisotopic (exact) mass is 211 g/mol. The van der Waals surface area contributed by atoms with Crippen molar-refractivity contribution in [2.24, 2.45) is 5.73 Å². The summed E-state index contributed by atoms with van der Waals surface area (Å²) in [6, 6.07) is 2.07. The number of aryl methyl sites for hydroxylation is 2. The molecule has 0 saturated carbocycles. The van der Waals surface area contributed by atoms with Gasteiger partial charge in [-0.25, -0.2) is 0 Å². The normalized spacial score (nSPS) is 13.1. The molecule has 0 radical (unpaired) electrons. The van der Waals surface area contributed by atoms with Crippen molar-refractivity contribution < 1.29 is 5.11 Å². The third kappa shape index (κ3) is 3.32. The van der Waals surface area contributed by atoms with E-state index in [4.69, 9.17) is 5.73 Å². The van der Waals surface area contributed by atoms with Gasteiger partial charge in [0.05, 0.1) is 11.8 Å². The highest BCUT2D eigenvalue weighted by atomic mass is 16.3. The Morgan fingerprint density at radius 1 is 1.53 bits per heavy atom. The summed E-state index contributed by atoms with van der Waals surface area (Å²) < 4.78 is 1.96. The van der Waals surface area contributed by atoms with E-state index < -0.39 is 0 Å². The van der Waals surface area contributed by atoms with Gasteiger partial charge in [0.1, 0.15) is 0 Å². The summed E-state index contributed by atoms with van der Waals surface area (Å²) in [5, 5.41) is 14.1. The number of nitrogens with two attached hydrogens (primary N) is 1. The highest BCUT2D eigenvalue weighted by Gasteiger charge is 2.10. The summed E-state index contributed by atoms with van der Waals surface area (Å²) in [5.74, 6) is 0. The minimum atomic E-state index is -0.346. The fourth-order valence-corrected chi connectivity index (χ4v) is 1.66. The summed E-state index contributed by atoms with van der Waals surface area (Å²) in [6.07, 6.45) is 1.89. The minimum absolute atomic E-state index is 0.346. The Morgan fingerprint density at radius 3 is 2.80 bits per heavy atom. The van der Waals surface area contributed by atoms with Gasteiger partial charge in [0, 0.05) is 18.7 Å². The highest BCUT2D eigenvalue weighted by molar-refractivity contribution is 5.11. The average molecular weight is 211 g/mol. The lowest BCUT2D eigenvalue weighted by Crippen LogP contribution is -2.18. The first-order valence-electron chi connectivity index (χ1n) is 5.65. The van der Waals surface area contributed by atoms with Crippen LogP contribution in [-0.4, -0.2) is 27.5 Å². The quantitative estimate of drug-likeness (QED) is 0.728. The molecule has 3 N–H and O–H groups in total. The van der Waals surface area contributed by atoms with Crippen molar-refractivity contribution in [2.75, 3.05) is 6.54 Å². The predicted molar refractivity (Wildman–Crippen MR) is 60.7 cm³/mol.